The van der Waals surface area contributed by atoms with Crippen molar-refractivity contribution >= 4 is 21.9 Å². The van der Waals surface area contributed by atoms with Gasteiger partial charge < -0.3 is 10.1 Å². The molecule has 1 atom stereocenters. The molecule has 0 bridgehead atoms. The van der Waals surface area contributed by atoms with Crippen LogP contribution in [0.4, 0.5) is 0 Å². The molecule has 0 aromatic heterocycles. The van der Waals surface area contributed by atoms with Gasteiger partial charge in [0.1, 0.15) is 6.04 Å². The Labute approximate surface area is 160 Å². The number of sulfonamides is 1. The number of carbonyl (C=O) groups is 2. The number of benzene rings is 1. The van der Waals surface area contributed by atoms with Crippen LogP contribution < -0.4 is 10.0 Å². The second kappa shape index (κ2) is 10.2. The number of hydrogen-bond acceptors (Lipinski definition) is 5. The fourth-order valence-electron chi connectivity index (χ4n) is 2.76. The van der Waals surface area contributed by atoms with Gasteiger partial charge in [-0.25, -0.2) is 8.42 Å². The molecule has 0 spiro atoms. The molecule has 0 saturated heterocycles. The summed E-state index contributed by atoms with van der Waals surface area (Å²) in [7, 11) is -3.83. The van der Waals surface area contributed by atoms with E-state index in [9.17, 15) is 18.0 Å². The second-order valence-corrected chi connectivity index (χ2v) is 8.19. The van der Waals surface area contributed by atoms with Crippen LogP contribution in [0.5, 0.6) is 0 Å². The Balaban J connectivity index is 1.71. The van der Waals surface area contributed by atoms with Gasteiger partial charge in [-0.2, -0.15) is 4.72 Å². The highest BCUT2D eigenvalue weighted by Gasteiger charge is 2.23. The summed E-state index contributed by atoms with van der Waals surface area (Å²) in [6, 6.07) is 6.62. The Morgan fingerprint density at radius 1 is 1.19 bits per heavy atom. The summed E-state index contributed by atoms with van der Waals surface area (Å²) >= 11 is 0. The average Bonchev–Trinajstić information content (AvgIpc) is 2.67. The van der Waals surface area contributed by atoms with Crippen molar-refractivity contribution in [2.45, 2.75) is 50.0 Å². The monoisotopic (exact) mass is 394 g/mol. The average molecular weight is 394 g/mol. The molecule has 0 heterocycles. The minimum atomic E-state index is -3.83. The third kappa shape index (κ3) is 7.15. The third-order valence-corrected chi connectivity index (χ3v) is 5.79. The zero-order valence-electron chi connectivity index (χ0n) is 15.4. The lowest BCUT2D eigenvalue weighted by Crippen LogP contribution is -2.41. The van der Waals surface area contributed by atoms with E-state index in [1.807, 2.05) is 0 Å². The van der Waals surface area contributed by atoms with Crippen LogP contribution in [0.2, 0.25) is 0 Å². The van der Waals surface area contributed by atoms with Crippen molar-refractivity contribution in [2.24, 2.45) is 0 Å². The molecule has 27 heavy (non-hydrogen) atoms. The molecule has 0 saturated carbocycles. The van der Waals surface area contributed by atoms with E-state index >= 15 is 0 Å². The fourth-order valence-corrected chi connectivity index (χ4v) is 3.97. The lowest BCUT2D eigenvalue weighted by molar-refractivity contribution is -0.149. The molecular formula is C19H26N2O5S. The van der Waals surface area contributed by atoms with E-state index in [4.69, 9.17) is 4.74 Å². The van der Waals surface area contributed by atoms with Crippen LogP contribution in [-0.2, 0) is 24.3 Å². The maximum Gasteiger partial charge on any atom is 0.324 e. The van der Waals surface area contributed by atoms with Crippen molar-refractivity contribution in [1.29, 1.82) is 0 Å². The Kier molecular flexibility index (Phi) is 7.99. The van der Waals surface area contributed by atoms with Crippen molar-refractivity contribution < 1.29 is 22.7 Å². The van der Waals surface area contributed by atoms with E-state index in [-0.39, 0.29) is 4.90 Å². The van der Waals surface area contributed by atoms with Crippen molar-refractivity contribution in [1.82, 2.24) is 10.0 Å². The first-order chi connectivity index (χ1) is 12.9. The molecule has 8 heteroatoms. The summed E-state index contributed by atoms with van der Waals surface area (Å²) in [5.74, 6) is -1.21. The molecule has 2 N–H and O–H groups in total. The summed E-state index contributed by atoms with van der Waals surface area (Å²) < 4.78 is 31.5. The lowest BCUT2D eigenvalue weighted by atomic mass is 9.97. The first kappa shape index (κ1) is 21.1. The standard InChI is InChI=1S/C19H26N2O5S/c1-15(21-27(24,25)17-10-6-3-7-11-17)19(23)26-14-18(22)20-13-12-16-8-4-2-5-9-16/h3,6-8,10-11,15,21H,2,4-5,9,12-14H2,1H3,(H,20,22)/t15-/m0/s1. The molecule has 0 unspecified atom stereocenters. The highest BCUT2D eigenvalue weighted by molar-refractivity contribution is 7.89. The molecule has 2 rings (SSSR count). The van der Waals surface area contributed by atoms with Gasteiger partial charge in [-0.1, -0.05) is 29.8 Å². The highest BCUT2D eigenvalue weighted by Crippen LogP contribution is 2.19. The number of ether oxygens (including phenoxy) is 1. The maximum absolute atomic E-state index is 12.2. The van der Waals surface area contributed by atoms with E-state index in [0.29, 0.717) is 6.54 Å². The highest BCUT2D eigenvalue weighted by atomic mass is 32.2. The predicted molar refractivity (Wildman–Crippen MR) is 101 cm³/mol. The summed E-state index contributed by atoms with van der Waals surface area (Å²) in [5, 5.41) is 2.70. The molecule has 0 aliphatic heterocycles. The molecular weight excluding hydrogens is 368 g/mol. The van der Waals surface area contributed by atoms with E-state index in [0.717, 1.165) is 19.3 Å². The topological polar surface area (TPSA) is 102 Å². The zero-order valence-corrected chi connectivity index (χ0v) is 16.3. The van der Waals surface area contributed by atoms with E-state index in [2.05, 4.69) is 16.1 Å². The van der Waals surface area contributed by atoms with E-state index < -0.39 is 34.5 Å². The molecule has 148 valence electrons. The van der Waals surface area contributed by atoms with Crippen LogP contribution in [0, 0.1) is 0 Å². The van der Waals surface area contributed by atoms with Crippen LogP contribution >= 0.6 is 0 Å². The van der Waals surface area contributed by atoms with Crippen LogP contribution in [0.25, 0.3) is 0 Å². The Bertz CT molecular complexity index is 775. The molecule has 1 aliphatic rings. The SMILES string of the molecule is C[C@H](NS(=O)(=O)c1ccccc1)C(=O)OCC(=O)NCCC1=CCCCC1. The van der Waals surface area contributed by atoms with E-state index in [1.165, 1.54) is 37.5 Å². The van der Waals surface area contributed by atoms with Gasteiger partial charge in [0.25, 0.3) is 5.91 Å². The van der Waals surface area contributed by atoms with Crippen molar-refractivity contribution in [3.63, 3.8) is 0 Å². The van der Waals surface area contributed by atoms with Crippen LogP contribution in [-0.4, -0.2) is 39.5 Å². The van der Waals surface area contributed by atoms with Crippen LogP contribution in [0.1, 0.15) is 39.0 Å². The smallest absolute Gasteiger partial charge is 0.324 e. The van der Waals surface area contributed by atoms with Gasteiger partial charge in [0.05, 0.1) is 4.90 Å². The predicted octanol–water partition coefficient (Wildman–Crippen LogP) is 1.90. The Hall–Kier alpha value is -2.19. The number of amides is 1. The fraction of sp³-hybridized carbons (Fsp3) is 0.474. The van der Waals surface area contributed by atoms with Crippen LogP contribution in [0.15, 0.2) is 46.9 Å². The lowest BCUT2D eigenvalue weighted by Gasteiger charge is -2.14. The summed E-state index contributed by atoms with van der Waals surface area (Å²) in [6.45, 7) is 1.43. The minimum Gasteiger partial charge on any atom is -0.454 e. The first-order valence-corrected chi connectivity index (χ1v) is 10.6. The van der Waals surface area contributed by atoms with Crippen LogP contribution in [0.3, 0.4) is 0 Å². The van der Waals surface area contributed by atoms with Gasteiger partial charge in [-0.15, -0.1) is 0 Å². The zero-order chi connectivity index (χ0) is 19.7. The first-order valence-electron chi connectivity index (χ1n) is 9.07. The summed E-state index contributed by atoms with van der Waals surface area (Å²) in [4.78, 5) is 23.8. The number of rotatable bonds is 9. The molecule has 1 aliphatic carbocycles. The van der Waals surface area contributed by atoms with Gasteiger partial charge >= 0.3 is 5.97 Å². The second-order valence-electron chi connectivity index (χ2n) is 6.47. The molecule has 1 aromatic rings. The molecule has 0 fully saturated rings. The van der Waals surface area contributed by atoms with E-state index in [1.54, 1.807) is 18.2 Å². The molecule has 1 amide bonds. The number of nitrogens with one attached hydrogen (secondary N) is 2. The van der Waals surface area contributed by atoms with Gasteiger partial charge in [0, 0.05) is 6.54 Å². The van der Waals surface area contributed by atoms with Crippen molar-refractivity contribution in [2.75, 3.05) is 13.2 Å². The Morgan fingerprint density at radius 3 is 2.59 bits per heavy atom. The van der Waals surface area contributed by atoms with Crippen molar-refractivity contribution in [3.05, 3.63) is 42.0 Å². The summed E-state index contributed by atoms with van der Waals surface area (Å²) in [6.07, 6.45) is 7.59. The van der Waals surface area contributed by atoms with Gasteiger partial charge in [0.2, 0.25) is 10.0 Å². The molecule has 0 radical (unpaired) electrons. The minimum absolute atomic E-state index is 0.0550. The number of hydrogen-bond donors (Lipinski definition) is 2. The van der Waals surface area contributed by atoms with Gasteiger partial charge in [0.15, 0.2) is 6.61 Å². The largest absolute Gasteiger partial charge is 0.454 e. The maximum atomic E-state index is 12.2. The quantitative estimate of drug-likeness (QED) is 0.492. The number of carbonyl (C=O) groups excluding carboxylic acids is 2. The Morgan fingerprint density at radius 2 is 1.93 bits per heavy atom. The molecule has 1 aromatic carbocycles. The normalized spacial score (nSPS) is 15.5. The number of allylic oxidation sites excluding steroid dienone is 1. The number of esters is 1. The summed E-state index contributed by atoms with van der Waals surface area (Å²) in [5.41, 5.74) is 1.35. The molecule has 7 nitrogen and oxygen atoms in total. The third-order valence-electron chi connectivity index (χ3n) is 4.24. The van der Waals surface area contributed by atoms with Gasteiger partial charge in [-0.05, 0) is 51.2 Å². The van der Waals surface area contributed by atoms with Crippen molar-refractivity contribution in [3.8, 4) is 0 Å². The van der Waals surface area contributed by atoms with Gasteiger partial charge in [-0.3, -0.25) is 9.59 Å².